The second-order valence-corrected chi connectivity index (χ2v) is 11.2. The second kappa shape index (κ2) is 23.0. The van der Waals surface area contributed by atoms with Gasteiger partial charge < -0.3 is 0 Å². The molecule has 7 aromatic heterocycles. The minimum absolute atomic E-state index is 1.15. The summed E-state index contributed by atoms with van der Waals surface area (Å²) in [6.07, 6.45) is 40.5. The Morgan fingerprint density at radius 2 is 0.352 bits per heavy atom. The van der Waals surface area contributed by atoms with Gasteiger partial charge in [0.05, 0.1) is 0 Å². The van der Waals surface area contributed by atoms with Gasteiger partial charge in [-0.2, -0.15) is 0 Å². The van der Waals surface area contributed by atoms with Crippen molar-refractivity contribution in [1.29, 1.82) is 0 Å². The second-order valence-electron chi connectivity index (χ2n) is 11.2. The number of aromatic nitrogens is 8. The van der Waals surface area contributed by atoms with Gasteiger partial charge in [0.1, 0.15) is 0 Å². The van der Waals surface area contributed by atoms with Crippen molar-refractivity contribution < 1.29 is 0 Å². The summed E-state index contributed by atoms with van der Waals surface area (Å²) >= 11 is 0. The first kappa shape index (κ1) is 37.7. The normalized spacial score (nSPS) is 10.4. The van der Waals surface area contributed by atoms with Gasteiger partial charge in [0.25, 0.3) is 0 Å². The molecule has 1 aromatic carbocycles. The van der Waals surface area contributed by atoms with Crippen LogP contribution in [0.2, 0.25) is 0 Å². The standard InChI is InChI=1S/C20H16N2.C12H10N2.C10H8N2.C4H4N2/c1-2-18(6-8-20-11-15-22-16-12-20)4-3-17(1)5-7-19-9-13-21-14-10-19;1(11-3-7-13-8-4-11)2-12-5-9-14-10-6-12;1-5-11-6-2-9(1)10-3-7-12-8-4-10;1-2-6-4-3-5-1/h1-16H;1-10H;1-8H;1-4H/b7-5+,8-6+;2-1+;;. The monoisotopic (exact) mass is 702 g/mol. The molecule has 0 saturated carbocycles. The van der Waals surface area contributed by atoms with Crippen LogP contribution in [-0.2, 0) is 0 Å². The van der Waals surface area contributed by atoms with Crippen LogP contribution in [-0.4, -0.2) is 39.9 Å². The summed E-state index contributed by atoms with van der Waals surface area (Å²) in [7, 11) is 0. The van der Waals surface area contributed by atoms with E-state index in [1.165, 1.54) is 22.3 Å². The molecule has 0 atom stereocenters. The maximum Gasteiger partial charge on any atom is 0.0451 e. The van der Waals surface area contributed by atoms with Gasteiger partial charge in [0.15, 0.2) is 0 Å². The Bertz CT molecular complexity index is 2050. The third-order valence-corrected chi connectivity index (χ3v) is 7.34. The van der Waals surface area contributed by atoms with E-state index in [2.05, 4.69) is 101 Å². The Balaban J connectivity index is 0.000000151. The number of hydrogen-bond donors (Lipinski definition) is 0. The third-order valence-electron chi connectivity index (χ3n) is 7.34. The van der Waals surface area contributed by atoms with Gasteiger partial charge in [-0.1, -0.05) is 60.7 Å². The number of pyridine rings is 6. The van der Waals surface area contributed by atoms with Crippen molar-refractivity contribution in [1.82, 2.24) is 39.9 Å². The van der Waals surface area contributed by atoms with Gasteiger partial charge in [-0.15, -0.1) is 0 Å². The first-order valence-corrected chi connectivity index (χ1v) is 17.1. The molecule has 8 heteroatoms. The molecule has 0 spiro atoms. The molecule has 8 nitrogen and oxygen atoms in total. The fraction of sp³-hybridized carbons (Fsp3) is 0. The summed E-state index contributed by atoms with van der Waals surface area (Å²) in [5.74, 6) is 0. The van der Waals surface area contributed by atoms with E-state index >= 15 is 0 Å². The zero-order valence-electron chi connectivity index (χ0n) is 29.5. The van der Waals surface area contributed by atoms with Crippen LogP contribution in [0.1, 0.15) is 33.4 Å². The molecule has 0 N–H and O–H groups in total. The average Bonchev–Trinajstić information content (AvgIpc) is 3.28. The van der Waals surface area contributed by atoms with Crippen molar-refractivity contribution in [3.8, 4) is 11.1 Å². The minimum atomic E-state index is 1.15. The van der Waals surface area contributed by atoms with Gasteiger partial charge in [0.2, 0.25) is 0 Å². The van der Waals surface area contributed by atoms with Crippen LogP contribution in [0.5, 0.6) is 0 Å². The number of nitrogens with zero attached hydrogens (tertiary/aromatic N) is 8. The third kappa shape index (κ3) is 14.7. The largest absolute Gasteiger partial charge is 0.265 e. The van der Waals surface area contributed by atoms with E-state index in [1.807, 2.05) is 72.8 Å². The maximum atomic E-state index is 4.01. The molecule has 0 aliphatic carbocycles. The van der Waals surface area contributed by atoms with Gasteiger partial charge >= 0.3 is 0 Å². The van der Waals surface area contributed by atoms with E-state index in [-0.39, 0.29) is 0 Å². The first-order valence-electron chi connectivity index (χ1n) is 17.1. The number of rotatable bonds is 7. The quantitative estimate of drug-likeness (QED) is 0.162. The number of hydrogen-bond acceptors (Lipinski definition) is 8. The van der Waals surface area contributed by atoms with E-state index in [9.17, 15) is 0 Å². The molecule has 54 heavy (non-hydrogen) atoms. The molecule has 0 fully saturated rings. The summed E-state index contributed by atoms with van der Waals surface area (Å²) in [4.78, 5) is 31.3. The average molecular weight is 703 g/mol. The van der Waals surface area contributed by atoms with Crippen molar-refractivity contribution >= 4 is 36.5 Å². The molecule has 0 saturated heterocycles. The first-order chi connectivity index (χ1) is 26.8. The van der Waals surface area contributed by atoms with Crippen LogP contribution in [0.4, 0.5) is 0 Å². The highest BCUT2D eigenvalue weighted by atomic mass is 14.7. The SMILES string of the molecule is C(=C\c1ccc(/C=C/c2ccncc2)cc1)/c1ccncc1.C(=C\c1ccncc1)/c1ccncc1.c1cc(-c2ccncc2)ccn1.c1cnccn1. The van der Waals surface area contributed by atoms with Crippen molar-refractivity contribution in [3.05, 3.63) is 230 Å². The molecule has 0 radical (unpaired) electrons. The highest BCUT2D eigenvalue weighted by molar-refractivity contribution is 5.73. The van der Waals surface area contributed by atoms with Crippen LogP contribution >= 0.6 is 0 Å². The van der Waals surface area contributed by atoms with Gasteiger partial charge in [-0.3, -0.25) is 39.9 Å². The van der Waals surface area contributed by atoms with E-state index < -0.39 is 0 Å². The van der Waals surface area contributed by atoms with Crippen molar-refractivity contribution in [2.45, 2.75) is 0 Å². The topological polar surface area (TPSA) is 103 Å². The van der Waals surface area contributed by atoms with Gasteiger partial charge in [-0.05, 0) is 117 Å². The van der Waals surface area contributed by atoms with Crippen LogP contribution in [0.15, 0.2) is 196 Å². The predicted molar refractivity (Wildman–Crippen MR) is 220 cm³/mol. The zero-order valence-corrected chi connectivity index (χ0v) is 29.5. The molecule has 0 aliphatic heterocycles. The molecular formula is C46H38N8. The van der Waals surface area contributed by atoms with Gasteiger partial charge in [0, 0.05) is 99.1 Å². The van der Waals surface area contributed by atoms with Crippen molar-refractivity contribution in [2.24, 2.45) is 0 Å². The maximum absolute atomic E-state index is 4.01. The van der Waals surface area contributed by atoms with Crippen LogP contribution < -0.4 is 0 Å². The van der Waals surface area contributed by atoms with Crippen LogP contribution in [0.3, 0.4) is 0 Å². The Morgan fingerprint density at radius 3 is 0.556 bits per heavy atom. The highest BCUT2D eigenvalue weighted by Gasteiger charge is 1.93. The lowest BCUT2D eigenvalue weighted by Gasteiger charge is -1.97. The molecular weight excluding hydrogens is 665 g/mol. The van der Waals surface area contributed by atoms with E-state index in [4.69, 9.17) is 0 Å². The molecule has 262 valence electrons. The lowest BCUT2D eigenvalue weighted by molar-refractivity contribution is 1.20. The summed E-state index contributed by atoms with van der Waals surface area (Å²) in [6.45, 7) is 0. The van der Waals surface area contributed by atoms with Crippen molar-refractivity contribution in [2.75, 3.05) is 0 Å². The fourth-order valence-electron chi connectivity index (χ4n) is 4.54. The highest BCUT2D eigenvalue weighted by Crippen LogP contribution is 2.16. The van der Waals surface area contributed by atoms with Crippen LogP contribution in [0, 0.1) is 0 Å². The predicted octanol–water partition coefficient (Wildman–Crippen LogP) is 10.1. The molecule has 0 amide bonds. The van der Waals surface area contributed by atoms with E-state index in [1.54, 1.807) is 99.1 Å². The smallest absolute Gasteiger partial charge is 0.0451 e. The molecule has 0 unspecified atom stereocenters. The minimum Gasteiger partial charge on any atom is -0.265 e. The zero-order chi connectivity index (χ0) is 37.1. The van der Waals surface area contributed by atoms with E-state index in [0.29, 0.717) is 0 Å². The fourth-order valence-corrected chi connectivity index (χ4v) is 4.54. The summed E-state index contributed by atoms with van der Waals surface area (Å²) < 4.78 is 0. The van der Waals surface area contributed by atoms with Crippen molar-refractivity contribution in [3.63, 3.8) is 0 Å². The summed E-state index contributed by atoms with van der Waals surface area (Å²) in [5.41, 5.74) is 9.30. The Hall–Kier alpha value is -7.58. The Labute approximate surface area is 316 Å². The molecule has 8 rings (SSSR count). The molecule has 0 bridgehead atoms. The lowest BCUT2D eigenvalue weighted by atomic mass is 10.1. The number of benzene rings is 1. The Morgan fingerprint density at radius 1 is 0.185 bits per heavy atom. The summed E-state index contributed by atoms with van der Waals surface area (Å²) in [5, 5.41) is 0. The molecule has 7 heterocycles. The van der Waals surface area contributed by atoms with E-state index in [0.717, 1.165) is 22.3 Å². The molecule has 8 aromatic rings. The van der Waals surface area contributed by atoms with Crippen LogP contribution in [0.25, 0.3) is 47.6 Å². The molecule has 0 aliphatic rings. The summed E-state index contributed by atoms with van der Waals surface area (Å²) in [6, 6.07) is 32.2. The Kier molecular flexibility index (Phi) is 16.0. The lowest BCUT2D eigenvalue weighted by Crippen LogP contribution is -1.77. The van der Waals surface area contributed by atoms with Gasteiger partial charge in [-0.25, -0.2) is 0 Å².